The Kier molecular flexibility index (Phi) is 4.77. The molecule has 2 unspecified atom stereocenters. The average Bonchev–Trinajstić information content (AvgIpc) is 3.39. The summed E-state index contributed by atoms with van der Waals surface area (Å²) in [5, 5.41) is 11.3. The van der Waals surface area contributed by atoms with E-state index in [2.05, 4.69) is 51.3 Å². The predicted octanol–water partition coefficient (Wildman–Crippen LogP) is 3.31. The van der Waals surface area contributed by atoms with Crippen LogP contribution in [0.4, 0.5) is 17.2 Å². The first-order valence-electron chi connectivity index (χ1n) is 13.8. The summed E-state index contributed by atoms with van der Waals surface area (Å²) in [5.74, 6) is 0.716. The monoisotopic (exact) mass is 511 g/mol. The Hall–Kier alpha value is -3.43. The number of hydrogen-bond donors (Lipinski definition) is 2. The fraction of sp³-hybridized carbons (Fsp3) is 0.483. The molecule has 2 bridgehead atoms. The first-order valence-corrected chi connectivity index (χ1v) is 13.8. The van der Waals surface area contributed by atoms with E-state index in [4.69, 9.17) is 14.8 Å². The summed E-state index contributed by atoms with van der Waals surface area (Å²) in [7, 11) is 4.14. The number of rotatable bonds is 6. The van der Waals surface area contributed by atoms with Gasteiger partial charge in [-0.05, 0) is 74.5 Å². The normalized spacial score (nSPS) is 23.9. The summed E-state index contributed by atoms with van der Waals surface area (Å²) < 4.78 is 8.01. The first-order chi connectivity index (χ1) is 18.5. The van der Waals surface area contributed by atoms with E-state index in [1.807, 2.05) is 18.3 Å². The van der Waals surface area contributed by atoms with Gasteiger partial charge in [-0.2, -0.15) is 5.10 Å². The van der Waals surface area contributed by atoms with Crippen molar-refractivity contribution in [2.45, 2.75) is 57.5 Å². The molecule has 2 atom stereocenters. The molecule has 9 heteroatoms. The number of morpholine rings is 1. The molecule has 1 saturated carbocycles. The second kappa shape index (κ2) is 8.04. The van der Waals surface area contributed by atoms with Gasteiger partial charge >= 0.3 is 0 Å². The van der Waals surface area contributed by atoms with Crippen molar-refractivity contribution in [3.05, 3.63) is 53.0 Å². The van der Waals surface area contributed by atoms with Gasteiger partial charge in [-0.15, -0.1) is 0 Å². The molecule has 0 radical (unpaired) electrons. The van der Waals surface area contributed by atoms with E-state index < -0.39 is 0 Å². The Morgan fingerprint density at radius 2 is 2.11 bits per heavy atom. The third-order valence-corrected chi connectivity index (χ3v) is 9.08. The molecule has 9 nitrogen and oxygen atoms in total. The Morgan fingerprint density at radius 3 is 2.87 bits per heavy atom. The number of pyridine rings is 1. The van der Waals surface area contributed by atoms with Crippen molar-refractivity contribution in [2.75, 3.05) is 37.5 Å². The van der Waals surface area contributed by atoms with Crippen LogP contribution >= 0.6 is 0 Å². The molecule has 6 heterocycles. The largest absolute Gasteiger partial charge is 0.374 e. The number of nitrogens with zero attached hydrogens (tertiary/aromatic N) is 5. The van der Waals surface area contributed by atoms with E-state index in [9.17, 15) is 4.79 Å². The molecular weight excluding hydrogens is 478 g/mol. The molecule has 196 valence electrons. The summed E-state index contributed by atoms with van der Waals surface area (Å²) in [6.45, 7) is 4.03. The lowest BCUT2D eigenvalue weighted by Crippen LogP contribution is -2.38. The minimum absolute atomic E-state index is 0.0370. The molecule has 38 heavy (non-hydrogen) atoms. The van der Waals surface area contributed by atoms with Crippen LogP contribution < -0.4 is 15.5 Å². The Bertz CT molecular complexity index is 1470. The highest BCUT2D eigenvalue weighted by Gasteiger charge is 2.49. The number of benzene rings is 1. The van der Waals surface area contributed by atoms with Crippen LogP contribution in [0.25, 0.3) is 11.1 Å². The third-order valence-electron chi connectivity index (χ3n) is 9.08. The molecule has 1 aromatic carbocycles. The van der Waals surface area contributed by atoms with Gasteiger partial charge in [0, 0.05) is 37.4 Å². The van der Waals surface area contributed by atoms with Crippen molar-refractivity contribution in [2.24, 2.45) is 5.41 Å². The lowest BCUT2D eigenvalue weighted by molar-refractivity contribution is 0.0966. The maximum atomic E-state index is 13.0. The highest BCUT2D eigenvalue weighted by Crippen LogP contribution is 2.54. The van der Waals surface area contributed by atoms with E-state index in [0.29, 0.717) is 24.1 Å². The smallest absolute Gasteiger partial charge is 0.254 e. The Balaban J connectivity index is 1.13. The van der Waals surface area contributed by atoms with Crippen LogP contribution in [0.2, 0.25) is 0 Å². The van der Waals surface area contributed by atoms with E-state index in [0.717, 1.165) is 73.0 Å². The van der Waals surface area contributed by atoms with Crippen molar-refractivity contribution in [3.63, 3.8) is 0 Å². The third kappa shape index (κ3) is 3.48. The standard InChI is InChI=1S/C29H33N7O2/c1-34(2)14-23-24(35-13-18-9-17(35)15-38-18)5-6-26(33-23)32-22-4-3-19(21-11-30-28(37)27(21)22)20-12-31-36-16-29(7-8-29)10-25(20)36/h3-6,12,17-18H,7-11,13-16H2,1-2H3,(H,30,37)(H,32,33). The van der Waals surface area contributed by atoms with Crippen LogP contribution in [0.15, 0.2) is 30.5 Å². The number of amides is 1. The lowest BCUT2D eigenvalue weighted by Gasteiger charge is -2.31. The van der Waals surface area contributed by atoms with Crippen molar-refractivity contribution in [1.82, 2.24) is 25.0 Å². The van der Waals surface area contributed by atoms with Gasteiger partial charge in [0.25, 0.3) is 5.91 Å². The molecule has 8 rings (SSSR count). The maximum Gasteiger partial charge on any atom is 0.254 e. The number of fused-ring (bicyclic) bond motifs is 4. The minimum atomic E-state index is -0.0370. The van der Waals surface area contributed by atoms with Gasteiger partial charge in [0.2, 0.25) is 0 Å². The van der Waals surface area contributed by atoms with Crippen LogP contribution in [0.5, 0.6) is 0 Å². The molecule has 1 aliphatic carbocycles. The van der Waals surface area contributed by atoms with E-state index in [1.165, 1.54) is 29.8 Å². The number of ether oxygens (including phenoxy) is 1. The van der Waals surface area contributed by atoms with Crippen molar-refractivity contribution in [1.29, 1.82) is 0 Å². The van der Waals surface area contributed by atoms with Crippen LogP contribution in [0.1, 0.15) is 46.6 Å². The molecule has 3 aromatic rings. The Labute approximate surface area is 222 Å². The van der Waals surface area contributed by atoms with Gasteiger partial charge < -0.3 is 25.2 Å². The van der Waals surface area contributed by atoms with Crippen molar-refractivity contribution < 1.29 is 9.53 Å². The molecule has 5 aliphatic rings. The molecule has 4 aliphatic heterocycles. The molecule has 2 aromatic heterocycles. The van der Waals surface area contributed by atoms with Crippen LogP contribution in [-0.2, 0) is 30.8 Å². The van der Waals surface area contributed by atoms with Crippen LogP contribution in [0.3, 0.4) is 0 Å². The topological polar surface area (TPSA) is 87.5 Å². The van der Waals surface area contributed by atoms with Gasteiger partial charge in [0.05, 0.1) is 47.6 Å². The van der Waals surface area contributed by atoms with Gasteiger partial charge in [-0.25, -0.2) is 4.98 Å². The molecule has 1 amide bonds. The highest BCUT2D eigenvalue weighted by atomic mass is 16.5. The second-order valence-electron chi connectivity index (χ2n) is 12.1. The number of aromatic nitrogens is 3. The molecular formula is C29H33N7O2. The molecule has 1 spiro atoms. The van der Waals surface area contributed by atoms with E-state index in [1.54, 1.807) is 0 Å². The average molecular weight is 512 g/mol. The SMILES string of the molecule is CN(C)Cc1nc(Nc2ccc(-c3cnn4c3CC3(CC3)C4)c3c2C(=O)NC3)ccc1N1CC2CC1CO2. The van der Waals surface area contributed by atoms with Crippen LogP contribution in [-0.4, -0.2) is 65.0 Å². The minimum Gasteiger partial charge on any atom is -0.374 e. The number of hydrogen-bond acceptors (Lipinski definition) is 7. The zero-order chi connectivity index (χ0) is 25.6. The molecule has 3 fully saturated rings. The number of nitrogens with one attached hydrogen (secondary N) is 2. The first kappa shape index (κ1) is 22.5. The van der Waals surface area contributed by atoms with Gasteiger partial charge in [0.15, 0.2) is 0 Å². The van der Waals surface area contributed by atoms with Gasteiger partial charge in [0.1, 0.15) is 5.82 Å². The van der Waals surface area contributed by atoms with Crippen molar-refractivity contribution >= 4 is 23.1 Å². The number of anilines is 3. The van der Waals surface area contributed by atoms with Crippen molar-refractivity contribution in [3.8, 4) is 11.1 Å². The summed E-state index contributed by atoms with van der Waals surface area (Å²) in [6, 6.07) is 8.82. The number of carbonyl (C=O) groups excluding carboxylic acids is 1. The zero-order valence-corrected chi connectivity index (χ0v) is 22.0. The summed E-state index contributed by atoms with van der Waals surface area (Å²) in [4.78, 5) is 22.7. The van der Waals surface area contributed by atoms with Gasteiger partial charge in [-0.3, -0.25) is 9.48 Å². The fourth-order valence-corrected chi connectivity index (χ4v) is 6.98. The highest BCUT2D eigenvalue weighted by molar-refractivity contribution is 6.06. The summed E-state index contributed by atoms with van der Waals surface area (Å²) in [6.07, 6.45) is 7.10. The second-order valence-corrected chi connectivity index (χ2v) is 12.1. The van der Waals surface area contributed by atoms with Gasteiger partial charge in [-0.1, -0.05) is 6.07 Å². The van der Waals surface area contributed by atoms with E-state index >= 15 is 0 Å². The maximum absolute atomic E-state index is 13.0. The summed E-state index contributed by atoms with van der Waals surface area (Å²) >= 11 is 0. The fourth-order valence-electron chi connectivity index (χ4n) is 6.98. The predicted molar refractivity (Wildman–Crippen MR) is 145 cm³/mol. The zero-order valence-electron chi connectivity index (χ0n) is 22.0. The molecule has 2 saturated heterocycles. The quantitative estimate of drug-likeness (QED) is 0.525. The van der Waals surface area contributed by atoms with E-state index in [-0.39, 0.29) is 5.91 Å². The lowest BCUT2D eigenvalue weighted by atomic mass is 9.93. The Morgan fingerprint density at radius 1 is 1.21 bits per heavy atom. The summed E-state index contributed by atoms with van der Waals surface area (Å²) in [5.41, 5.74) is 8.83. The number of carbonyl (C=O) groups is 1. The molecule has 2 N–H and O–H groups in total. The van der Waals surface area contributed by atoms with Crippen LogP contribution in [0, 0.1) is 5.41 Å².